The lowest BCUT2D eigenvalue weighted by atomic mass is 10.0. The van der Waals surface area contributed by atoms with Crippen LogP contribution >= 0.6 is 0 Å². The molecule has 6 nitrogen and oxygen atoms in total. The van der Waals surface area contributed by atoms with E-state index >= 15 is 0 Å². The van der Waals surface area contributed by atoms with Gasteiger partial charge in [-0.15, -0.1) is 0 Å². The Morgan fingerprint density at radius 2 is 1.83 bits per heavy atom. The fraction of sp³-hybridized carbons (Fsp3) is 0.167. The van der Waals surface area contributed by atoms with Gasteiger partial charge in [0.25, 0.3) is 5.91 Å². The Balaban J connectivity index is 1.75. The van der Waals surface area contributed by atoms with E-state index in [1.54, 1.807) is 10.8 Å². The van der Waals surface area contributed by atoms with E-state index in [1.165, 1.54) is 0 Å². The number of benzene rings is 3. The molecular formula is C30H28N4O2. The topological polar surface area (TPSA) is 79.9 Å². The minimum absolute atomic E-state index is 0.00927. The Labute approximate surface area is 211 Å². The van der Waals surface area contributed by atoms with Crippen molar-refractivity contribution in [3.63, 3.8) is 0 Å². The highest BCUT2D eigenvalue weighted by Crippen LogP contribution is 2.31. The number of aryl methyl sites for hydroxylation is 2. The summed E-state index contributed by atoms with van der Waals surface area (Å²) in [7, 11) is 0. The van der Waals surface area contributed by atoms with Crippen molar-refractivity contribution in [2.75, 3.05) is 11.9 Å². The van der Waals surface area contributed by atoms with Crippen molar-refractivity contribution < 1.29 is 9.53 Å². The molecule has 0 aliphatic carbocycles. The van der Waals surface area contributed by atoms with E-state index in [9.17, 15) is 10.1 Å². The smallest absolute Gasteiger partial charge is 0.266 e. The van der Waals surface area contributed by atoms with E-state index < -0.39 is 5.91 Å². The molecule has 4 rings (SSSR count). The summed E-state index contributed by atoms with van der Waals surface area (Å²) >= 11 is 0. The highest BCUT2D eigenvalue weighted by molar-refractivity contribution is 6.10. The monoisotopic (exact) mass is 476 g/mol. The van der Waals surface area contributed by atoms with Crippen molar-refractivity contribution in [1.29, 1.82) is 5.26 Å². The Bertz CT molecular complexity index is 1430. The van der Waals surface area contributed by atoms with Gasteiger partial charge in [0.1, 0.15) is 23.1 Å². The van der Waals surface area contributed by atoms with Crippen LogP contribution in [0.2, 0.25) is 0 Å². The molecule has 0 bridgehead atoms. The quantitative estimate of drug-likeness (QED) is 0.233. The molecule has 0 aliphatic rings. The third-order valence-corrected chi connectivity index (χ3v) is 5.66. The molecule has 1 aromatic heterocycles. The number of aromatic nitrogens is 2. The number of ether oxygens (including phenoxy) is 1. The highest BCUT2D eigenvalue weighted by atomic mass is 16.5. The van der Waals surface area contributed by atoms with Crippen LogP contribution in [0.25, 0.3) is 23.0 Å². The first-order valence-electron chi connectivity index (χ1n) is 11.9. The molecule has 1 heterocycles. The largest absolute Gasteiger partial charge is 0.494 e. The number of carbonyl (C=O) groups is 1. The van der Waals surface area contributed by atoms with Crippen molar-refractivity contribution in [1.82, 2.24) is 9.78 Å². The van der Waals surface area contributed by atoms with Crippen LogP contribution in [0.4, 0.5) is 5.69 Å². The molecule has 3 aromatic carbocycles. The first-order chi connectivity index (χ1) is 17.5. The first kappa shape index (κ1) is 24.5. The van der Waals surface area contributed by atoms with Gasteiger partial charge in [-0.3, -0.25) is 4.79 Å². The lowest BCUT2D eigenvalue weighted by Crippen LogP contribution is -2.13. The van der Waals surface area contributed by atoms with Gasteiger partial charge in [-0.05, 0) is 74.4 Å². The van der Waals surface area contributed by atoms with Gasteiger partial charge in [0.05, 0.1) is 12.3 Å². The summed E-state index contributed by atoms with van der Waals surface area (Å²) in [6.07, 6.45) is 4.35. The number of anilines is 1. The molecule has 0 aliphatic heterocycles. The van der Waals surface area contributed by atoms with E-state index in [2.05, 4.69) is 12.2 Å². The Hall–Kier alpha value is -4.63. The van der Waals surface area contributed by atoms with Crippen LogP contribution in [0.1, 0.15) is 30.0 Å². The van der Waals surface area contributed by atoms with Crippen LogP contribution in [0, 0.1) is 25.2 Å². The summed E-state index contributed by atoms with van der Waals surface area (Å²) in [4.78, 5) is 12.9. The van der Waals surface area contributed by atoms with Crippen molar-refractivity contribution in [3.05, 3.63) is 101 Å². The number of nitriles is 1. The fourth-order valence-corrected chi connectivity index (χ4v) is 3.77. The molecule has 0 saturated carbocycles. The lowest BCUT2D eigenvalue weighted by molar-refractivity contribution is -0.112. The number of nitrogens with one attached hydrogen (secondary N) is 1. The minimum Gasteiger partial charge on any atom is -0.494 e. The van der Waals surface area contributed by atoms with Crippen molar-refractivity contribution in [2.45, 2.75) is 27.2 Å². The first-order valence-corrected chi connectivity index (χ1v) is 11.9. The Morgan fingerprint density at radius 3 is 2.50 bits per heavy atom. The van der Waals surface area contributed by atoms with Gasteiger partial charge in [-0.2, -0.15) is 10.4 Å². The second-order valence-corrected chi connectivity index (χ2v) is 8.53. The summed E-state index contributed by atoms with van der Waals surface area (Å²) in [6.45, 7) is 6.69. The molecule has 0 radical (unpaired) electrons. The van der Waals surface area contributed by atoms with Gasteiger partial charge in [-0.1, -0.05) is 42.8 Å². The van der Waals surface area contributed by atoms with Crippen LogP contribution < -0.4 is 10.1 Å². The SMILES string of the molecule is CCCOc1ccc(-c2nn(-c3ccccc3)cc2/C=C(\C#N)C(=O)Nc2ccc(C)cc2)c(C)c1. The molecule has 0 fully saturated rings. The second-order valence-electron chi connectivity index (χ2n) is 8.53. The summed E-state index contributed by atoms with van der Waals surface area (Å²) in [5.74, 6) is 0.327. The van der Waals surface area contributed by atoms with Crippen LogP contribution in [-0.2, 0) is 4.79 Å². The highest BCUT2D eigenvalue weighted by Gasteiger charge is 2.17. The molecule has 0 unspecified atom stereocenters. The van der Waals surface area contributed by atoms with Gasteiger partial charge >= 0.3 is 0 Å². The predicted octanol–water partition coefficient (Wildman–Crippen LogP) is 6.49. The normalized spacial score (nSPS) is 11.1. The van der Waals surface area contributed by atoms with Crippen LogP contribution in [-0.4, -0.2) is 22.3 Å². The molecule has 4 aromatic rings. The zero-order valence-corrected chi connectivity index (χ0v) is 20.7. The molecule has 1 amide bonds. The zero-order valence-electron chi connectivity index (χ0n) is 20.7. The third kappa shape index (κ3) is 5.70. The van der Waals surface area contributed by atoms with Crippen molar-refractivity contribution >= 4 is 17.7 Å². The predicted molar refractivity (Wildman–Crippen MR) is 143 cm³/mol. The number of nitrogens with zero attached hydrogens (tertiary/aromatic N) is 3. The molecule has 0 atom stereocenters. The number of hydrogen-bond donors (Lipinski definition) is 1. The fourth-order valence-electron chi connectivity index (χ4n) is 3.77. The van der Waals surface area contributed by atoms with Gasteiger partial charge in [0.2, 0.25) is 0 Å². The maximum atomic E-state index is 12.9. The molecular weight excluding hydrogens is 448 g/mol. The van der Waals surface area contributed by atoms with Gasteiger partial charge in [-0.25, -0.2) is 4.68 Å². The number of amides is 1. The van der Waals surface area contributed by atoms with E-state index in [0.29, 0.717) is 23.6 Å². The summed E-state index contributed by atoms with van der Waals surface area (Å²) in [5, 5.41) is 17.5. The van der Waals surface area contributed by atoms with Gasteiger partial charge in [0, 0.05) is 23.0 Å². The zero-order chi connectivity index (χ0) is 25.5. The molecule has 1 N–H and O–H groups in total. The molecule has 0 saturated heterocycles. The molecule has 0 spiro atoms. The van der Waals surface area contributed by atoms with Crippen molar-refractivity contribution in [3.8, 4) is 28.8 Å². The lowest BCUT2D eigenvalue weighted by Gasteiger charge is -2.09. The Kier molecular flexibility index (Phi) is 7.62. The van der Waals surface area contributed by atoms with Crippen LogP contribution in [0.15, 0.2) is 84.6 Å². The van der Waals surface area contributed by atoms with E-state index in [0.717, 1.165) is 34.5 Å². The van der Waals surface area contributed by atoms with Gasteiger partial charge in [0.15, 0.2) is 0 Å². The van der Waals surface area contributed by atoms with E-state index in [-0.39, 0.29) is 5.57 Å². The second kappa shape index (κ2) is 11.2. The summed E-state index contributed by atoms with van der Waals surface area (Å²) in [5.41, 5.74) is 5.81. The summed E-state index contributed by atoms with van der Waals surface area (Å²) in [6, 6.07) is 25.1. The number of rotatable bonds is 8. The maximum absolute atomic E-state index is 12.9. The number of hydrogen-bond acceptors (Lipinski definition) is 4. The number of para-hydroxylation sites is 1. The average molecular weight is 477 g/mol. The minimum atomic E-state index is -0.472. The molecule has 180 valence electrons. The van der Waals surface area contributed by atoms with E-state index in [4.69, 9.17) is 9.84 Å². The average Bonchev–Trinajstić information content (AvgIpc) is 3.31. The third-order valence-electron chi connectivity index (χ3n) is 5.66. The number of carbonyl (C=O) groups excluding carboxylic acids is 1. The molecule has 36 heavy (non-hydrogen) atoms. The van der Waals surface area contributed by atoms with Crippen molar-refractivity contribution in [2.24, 2.45) is 0 Å². The summed E-state index contributed by atoms with van der Waals surface area (Å²) < 4.78 is 7.53. The van der Waals surface area contributed by atoms with Crippen LogP contribution in [0.5, 0.6) is 5.75 Å². The Morgan fingerprint density at radius 1 is 1.08 bits per heavy atom. The van der Waals surface area contributed by atoms with Crippen LogP contribution in [0.3, 0.4) is 0 Å². The van der Waals surface area contributed by atoms with Gasteiger partial charge < -0.3 is 10.1 Å². The van der Waals surface area contributed by atoms with E-state index in [1.807, 2.05) is 98.9 Å². The standard InChI is InChI=1S/C30H28N4O2/c1-4-16-36-27-14-15-28(22(3)17-27)29-24(20-34(33-29)26-8-6-5-7-9-26)18-23(19-31)30(35)32-25-12-10-21(2)11-13-25/h5-15,17-18,20H,4,16H2,1-3H3,(H,32,35)/b23-18+. The molecule has 6 heteroatoms. The maximum Gasteiger partial charge on any atom is 0.266 e.